The molecule has 3 rings (SSSR count). The highest BCUT2D eigenvalue weighted by molar-refractivity contribution is 5.31. The lowest BCUT2D eigenvalue weighted by atomic mass is 10.0. The molecule has 0 aliphatic carbocycles. The molecule has 2 atom stereocenters. The number of aliphatic hydroxyl groups is 1. The van der Waals surface area contributed by atoms with Gasteiger partial charge in [-0.05, 0) is 44.0 Å². The van der Waals surface area contributed by atoms with Crippen LogP contribution in [0.25, 0.3) is 0 Å². The van der Waals surface area contributed by atoms with Gasteiger partial charge in [0.1, 0.15) is 11.9 Å². The third kappa shape index (κ3) is 3.57. The molecule has 23 heavy (non-hydrogen) atoms. The molecule has 1 aliphatic rings. The van der Waals surface area contributed by atoms with Crippen LogP contribution in [0.4, 0.5) is 4.39 Å². The molecule has 0 saturated carbocycles. The van der Waals surface area contributed by atoms with Gasteiger partial charge in [-0.1, -0.05) is 12.1 Å². The van der Waals surface area contributed by atoms with Crippen LogP contribution in [0.2, 0.25) is 0 Å². The average molecular weight is 319 g/mol. The second-order valence-corrected chi connectivity index (χ2v) is 5.97. The lowest BCUT2D eigenvalue weighted by Gasteiger charge is -2.26. The normalized spacial score (nSPS) is 19.9. The van der Waals surface area contributed by atoms with Gasteiger partial charge in [0.25, 0.3) is 0 Å². The van der Waals surface area contributed by atoms with Gasteiger partial charge in [-0.2, -0.15) is 0 Å². The molecule has 1 fully saturated rings. The summed E-state index contributed by atoms with van der Waals surface area (Å²) in [7, 11) is 1.47. The standard InChI is InChI=1S/C18H22FNO3/c1-22-17-7-2-5-13(18(17)19)12-20-9-3-6-14(20)11-15(21)16-8-4-10-23-16/h2,4-5,7-8,10,14-15,21H,3,6,9,11-12H2,1H3/t14-,15+/m1/s1. The lowest BCUT2D eigenvalue weighted by molar-refractivity contribution is 0.0991. The van der Waals surface area contributed by atoms with Gasteiger partial charge in [0.05, 0.1) is 13.4 Å². The average Bonchev–Trinajstić information content (AvgIpc) is 3.22. The van der Waals surface area contributed by atoms with Crippen LogP contribution in [0.3, 0.4) is 0 Å². The number of nitrogens with zero attached hydrogens (tertiary/aromatic N) is 1. The third-order valence-electron chi connectivity index (χ3n) is 4.50. The monoisotopic (exact) mass is 319 g/mol. The van der Waals surface area contributed by atoms with E-state index >= 15 is 0 Å². The van der Waals surface area contributed by atoms with Crippen molar-refractivity contribution in [2.75, 3.05) is 13.7 Å². The Labute approximate surface area is 135 Å². The fourth-order valence-corrected chi connectivity index (χ4v) is 3.28. The number of benzene rings is 1. The summed E-state index contributed by atoms with van der Waals surface area (Å²) < 4.78 is 24.6. The fourth-order valence-electron chi connectivity index (χ4n) is 3.28. The fraction of sp³-hybridized carbons (Fsp3) is 0.444. The van der Waals surface area contributed by atoms with E-state index in [1.54, 1.807) is 36.6 Å². The topological polar surface area (TPSA) is 45.8 Å². The summed E-state index contributed by atoms with van der Waals surface area (Å²) in [5, 5.41) is 10.3. The number of halogens is 1. The third-order valence-corrected chi connectivity index (χ3v) is 4.50. The molecule has 4 nitrogen and oxygen atoms in total. The van der Waals surface area contributed by atoms with E-state index in [0.717, 1.165) is 19.4 Å². The minimum atomic E-state index is -0.620. The van der Waals surface area contributed by atoms with Crippen molar-refractivity contribution in [2.45, 2.75) is 38.0 Å². The Morgan fingerprint density at radius 2 is 2.26 bits per heavy atom. The van der Waals surface area contributed by atoms with Crippen LogP contribution >= 0.6 is 0 Å². The molecule has 1 aromatic carbocycles. The van der Waals surface area contributed by atoms with Crippen molar-refractivity contribution in [3.8, 4) is 5.75 Å². The Morgan fingerprint density at radius 3 is 3.00 bits per heavy atom. The predicted molar refractivity (Wildman–Crippen MR) is 84.7 cm³/mol. The maximum atomic E-state index is 14.3. The van der Waals surface area contributed by atoms with Crippen LogP contribution in [0, 0.1) is 5.82 Å². The summed E-state index contributed by atoms with van der Waals surface area (Å²) in [6, 6.07) is 9.00. The van der Waals surface area contributed by atoms with E-state index in [-0.39, 0.29) is 17.6 Å². The maximum Gasteiger partial charge on any atom is 0.169 e. The van der Waals surface area contributed by atoms with Crippen LogP contribution in [-0.2, 0) is 6.54 Å². The molecule has 0 radical (unpaired) electrons. The Kier molecular flexibility index (Phi) is 4.98. The van der Waals surface area contributed by atoms with Crippen molar-refractivity contribution in [1.82, 2.24) is 4.90 Å². The summed E-state index contributed by atoms with van der Waals surface area (Å²) in [6.45, 7) is 1.44. The lowest BCUT2D eigenvalue weighted by Crippen LogP contribution is -2.30. The molecule has 1 N–H and O–H groups in total. The molecule has 2 heterocycles. The zero-order valence-electron chi connectivity index (χ0n) is 13.2. The van der Waals surface area contributed by atoms with Crippen LogP contribution in [0.15, 0.2) is 41.0 Å². The Balaban J connectivity index is 1.67. The molecular formula is C18H22FNO3. The van der Waals surface area contributed by atoms with Crippen molar-refractivity contribution < 1.29 is 18.7 Å². The zero-order valence-corrected chi connectivity index (χ0v) is 13.2. The molecule has 0 amide bonds. The number of ether oxygens (including phenoxy) is 1. The van der Waals surface area contributed by atoms with E-state index in [4.69, 9.17) is 9.15 Å². The Bertz CT molecular complexity index is 629. The SMILES string of the molecule is COc1cccc(CN2CCC[C@@H]2C[C@H](O)c2ccco2)c1F. The number of aliphatic hydroxyl groups excluding tert-OH is 1. The van der Waals surface area contributed by atoms with Crippen LogP contribution in [-0.4, -0.2) is 29.7 Å². The first-order valence-electron chi connectivity index (χ1n) is 7.96. The first-order valence-corrected chi connectivity index (χ1v) is 7.96. The smallest absolute Gasteiger partial charge is 0.169 e. The molecule has 2 aromatic rings. The molecule has 0 bridgehead atoms. The summed E-state index contributed by atoms with van der Waals surface area (Å²) in [5.41, 5.74) is 0.628. The highest BCUT2D eigenvalue weighted by Crippen LogP contribution is 2.30. The number of methoxy groups -OCH3 is 1. The Morgan fingerprint density at radius 1 is 1.39 bits per heavy atom. The second kappa shape index (κ2) is 7.15. The van der Waals surface area contributed by atoms with Crippen LogP contribution in [0.5, 0.6) is 5.75 Å². The summed E-state index contributed by atoms with van der Waals surface area (Å²) in [6.07, 6.45) is 3.60. The van der Waals surface area contributed by atoms with Gasteiger partial charge in [-0.25, -0.2) is 4.39 Å². The first-order chi connectivity index (χ1) is 11.2. The van der Waals surface area contributed by atoms with Crippen molar-refractivity contribution in [3.05, 3.63) is 53.7 Å². The van der Waals surface area contributed by atoms with Gasteiger partial charge >= 0.3 is 0 Å². The van der Waals surface area contributed by atoms with E-state index in [2.05, 4.69) is 4.90 Å². The van der Waals surface area contributed by atoms with Gasteiger partial charge in [-0.15, -0.1) is 0 Å². The van der Waals surface area contributed by atoms with Crippen molar-refractivity contribution >= 4 is 0 Å². The molecule has 5 heteroatoms. The van der Waals surface area contributed by atoms with E-state index in [1.807, 2.05) is 0 Å². The molecule has 124 valence electrons. The number of hydrogen-bond acceptors (Lipinski definition) is 4. The summed E-state index contributed by atoms with van der Waals surface area (Å²) in [4.78, 5) is 2.23. The highest BCUT2D eigenvalue weighted by atomic mass is 19.1. The quantitative estimate of drug-likeness (QED) is 0.885. The van der Waals surface area contributed by atoms with Gasteiger partial charge in [0.2, 0.25) is 0 Å². The minimum Gasteiger partial charge on any atom is -0.494 e. The predicted octanol–water partition coefficient (Wildman–Crippen LogP) is 3.52. The molecular weight excluding hydrogens is 297 g/mol. The number of furan rings is 1. The van der Waals surface area contributed by atoms with E-state index in [9.17, 15) is 9.50 Å². The van der Waals surface area contributed by atoms with Crippen LogP contribution < -0.4 is 4.74 Å². The van der Waals surface area contributed by atoms with Crippen molar-refractivity contribution in [1.29, 1.82) is 0 Å². The van der Waals surface area contributed by atoms with Crippen LogP contribution in [0.1, 0.15) is 36.7 Å². The molecule has 1 saturated heterocycles. The first kappa shape index (κ1) is 16.0. The Hall–Kier alpha value is -1.85. The summed E-state index contributed by atoms with van der Waals surface area (Å²) >= 11 is 0. The maximum absolute atomic E-state index is 14.3. The van der Waals surface area contributed by atoms with E-state index in [0.29, 0.717) is 24.3 Å². The molecule has 0 unspecified atom stereocenters. The van der Waals surface area contributed by atoms with Gasteiger partial charge in [0.15, 0.2) is 11.6 Å². The van der Waals surface area contributed by atoms with Gasteiger partial charge < -0.3 is 14.3 Å². The highest BCUT2D eigenvalue weighted by Gasteiger charge is 2.28. The summed E-state index contributed by atoms with van der Waals surface area (Å²) in [5.74, 6) is 0.561. The molecule has 1 aromatic heterocycles. The number of hydrogen-bond donors (Lipinski definition) is 1. The minimum absolute atomic E-state index is 0.223. The van der Waals surface area contributed by atoms with Gasteiger partial charge in [-0.3, -0.25) is 4.90 Å². The van der Waals surface area contributed by atoms with Crippen molar-refractivity contribution in [2.24, 2.45) is 0 Å². The second-order valence-electron chi connectivity index (χ2n) is 5.97. The largest absolute Gasteiger partial charge is 0.494 e. The van der Waals surface area contributed by atoms with E-state index < -0.39 is 6.10 Å². The van der Waals surface area contributed by atoms with Gasteiger partial charge in [0, 0.05) is 18.2 Å². The number of likely N-dealkylation sites (tertiary alicyclic amines) is 1. The zero-order chi connectivity index (χ0) is 16.2. The molecule has 1 aliphatic heterocycles. The molecule has 0 spiro atoms. The van der Waals surface area contributed by atoms with E-state index in [1.165, 1.54) is 7.11 Å². The van der Waals surface area contributed by atoms with Crippen molar-refractivity contribution in [3.63, 3.8) is 0 Å². The number of rotatable bonds is 6.